The van der Waals surface area contributed by atoms with Crippen molar-refractivity contribution in [2.75, 3.05) is 31.6 Å². The lowest BCUT2D eigenvalue weighted by atomic mass is 10.1. The summed E-state index contributed by atoms with van der Waals surface area (Å²) < 4.78 is 5.96. The van der Waals surface area contributed by atoms with Gasteiger partial charge in [0.2, 0.25) is 11.9 Å². The summed E-state index contributed by atoms with van der Waals surface area (Å²) in [6.07, 6.45) is 4.95. The average molecular weight is 447 g/mol. The minimum atomic E-state index is -0.171. The van der Waals surface area contributed by atoms with Gasteiger partial charge in [-0.2, -0.15) is 0 Å². The normalized spacial score (nSPS) is 16.5. The highest BCUT2D eigenvalue weighted by atomic mass is 16.5. The van der Waals surface area contributed by atoms with E-state index >= 15 is 0 Å². The van der Waals surface area contributed by atoms with Crippen molar-refractivity contribution in [3.8, 4) is 0 Å². The smallest absolute Gasteiger partial charge is 0.237 e. The van der Waals surface area contributed by atoms with Crippen LogP contribution in [-0.4, -0.2) is 62.9 Å². The van der Waals surface area contributed by atoms with E-state index in [4.69, 9.17) is 4.74 Å². The highest BCUT2D eigenvalue weighted by molar-refractivity contribution is 5.78. The van der Waals surface area contributed by atoms with Crippen molar-refractivity contribution >= 4 is 17.5 Å². The number of amides is 1. The summed E-state index contributed by atoms with van der Waals surface area (Å²) in [5.74, 6) is 0.653. The zero-order valence-electron chi connectivity index (χ0n) is 19.1. The maximum Gasteiger partial charge on any atom is 0.237 e. The van der Waals surface area contributed by atoms with Gasteiger partial charge in [-0.25, -0.2) is 9.97 Å². The number of ether oxygens (including phenoxy) is 1. The van der Waals surface area contributed by atoms with Crippen LogP contribution in [0.3, 0.4) is 0 Å². The molecule has 1 aliphatic heterocycles. The molecule has 1 amide bonds. The third kappa shape index (κ3) is 6.34. The van der Waals surface area contributed by atoms with E-state index in [1.54, 1.807) is 24.7 Å². The van der Waals surface area contributed by atoms with Gasteiger partial charge in [-0.1, -0.05) is 30.3 Å². The Morgan fingerprint density at radius 1 is 1.12 bits per heavy atom. The Labute approximate surface area is 194 Å². The highest BCUT2D eigenvalue weighted by Crippen LogP contribution is 2.22. The molecule has 0 saturated carbocycles. The molecule has 0 unspecified atom stereocenters. The fraction of sp³-hybridized carbons (Fsp3) is 0.360. The van der Waals surface area contributed by atoms with E-state index in [1.165, 1.54) is 0 Å². The Morgan fingerprint density at radius 2 is 1.91 bits per heavy atom. The standard InChI is InChI=1S/C25H30N6O2/c1-19(2)31(16-20-7-4-3-5-8-20)24(32)18-30-13-14-33-23(17-30)22-10-9-21(15-28-22)29-25-26-11-6-12-27-25/h3-12,15,19,23H,13-14,16-18H2,1-2H3,(H,26,27,29)/t23-/m1/s1. The lowest BCUT2D eigenvalue weighted by molar-refractivity contribution is -0.136. The molecular weight excluding hydrogens is 416 g/mol. The largest absolute Gasteiger partial charge is 0.369 e. The third-order valence-corrected chi connectivity index (χ3v) is 5.59. The molecule has 1 saturated heterocycles. The Kier molecular flexibility index (Phi) is 7.59. The number of hydrogen-bond acceptors (Lipinski definition) is 7. The lowest BCUT2D eigenvalue weighted by Gasteiger charge is -2.35. The van der Waals surface area contributed by atoms with E-state index in [-0.39, 0.29) is 18.1 Å². The van der Waals surface area contributed by atoms with Crippen LogP contribution in [0.15, 0.2) is 67.1 Å². The Hall–Kier alpha value is -3.36. The topological polar surface area (TPSA) is 83.5 Å². The highest BCUT2D eigenvalue weighted by Gasteiger charge is 2.27. The van der Waals surface area contributed by atoms with Crippen LogP contribution < -0.4 is 5.32 Å². The molecule has 0 spiro atoms. The minimum absolute atomic E-state index is 0.129. The molecule has 2 aromatic heterocycles. The van der Waals surface area contributed by atoms with E-state index in [2.05, 4.69) is 51.1 Å². The van der Waals surface area contributed by atoms with Crippen LogP contribution in [-0.2, 0) is 16.1 Å². The zero-order valence-corrected chi connectivity index (χ0v) is 19.1. The molecule has 0 bridgehead atoms. The van der Waals surface area contributed by atoms with Gasteiger partial charge in [0.25, 0.3) is 0 Å². The number of hydrogen-bond donors (Lipinski definition) is 1. The molecule has 172 valence electrons. The molecule has 1 atom stereocenters. The molecule has 3 heterocycles. The van der Waals surface area contributed by atoms with Gasteiger partial charge in [-0.3, -0.25) is 14.7 Å². The number of nitrogens with one attached hydrogen (secondary N) is 1. The van der Waals surface area contributed by atoms with Gasteiger partial charge >= 0.3 is 0 Å². The summed E-state index contributed by atoms with van der Waals surface area (Å²) in [5.41, 5.74) is 2.79. The Balaban J connectivity index is 1.35. The van der Waals surface area contributed by atoms with E-state index in [1.807, 2.05) is 35.2 Å². The van der Waals surface area contributed by atoms with Crippen molar-refractivity contribution in [1.82, 2.24) is 24.8 Å². The first-order valence-electron chi connectivity index (χ1n) is 11.3. The maximum atomic E-state index is 13.1. The van der Waals surface area contributed by atoms with Crippen molar-refractivity contribution in [3.05, 3.63) is 78.4 Å². The first-order chi connectivity index (χ1) is 16.1. The molecule has 3 aromatic rings. The van der Waals surface area contributed by atoms with Crippen LogP contribution in [0.25, 0.3) is 0 Å². The Bertz CT molecular complexity index is 1010. The van der Waals surface area contributed by atoms with Gasteiger partial charge in [0, 0.05) is 38.1 Å². The van der Waals surface area contributed by atoms with Gasteiger partial charge in [0.1, 0.15) is 6.10 Å². The first-order valence-corrected chi connectivity index (χ1v) is 11.3. The summed E-state index contributed by atoms with van der Waals surface area (Å²) in [4.78, 5) is 30.1. The zero-order chi connectivity index (χ0) is 23.0. The van der Waals surface area contributed by atoms with Crippen molar-refractivity contribution in [3.63, 3.8) is 0 Å². The molecular formula is C25H30N6O2. The van der Waals surface area contributed by atoms with Crippen LogP contribution in [0.1, 0.15) is 31.2 Å². The van der Waals surface area contributed by atoms with Crippen molar-refractivity contribution in [2.24, 2.45) is 0 Å². The number of carbonyl (C=O) groups excluding carboxylic acids is 1. The molecule has 8 nitrogen and oxygen atoms in total. The quantitative estimate of drug-likeness (QED) is 0.568. The molecule has 0 aliphatic carbocycles. The van der Waals surface area contributed by atoms with Crippen LogP contribution in [0, 0.1) is 0 Å². The number of aromatic nitrogens is 3. The second kappa shape index (κ2) is 11.0. The predicted molar refractivity (Wildman–Crippen MR) is 127 cm³/mol. The van der Waals surface area contributed by atoms with Crippen LogP contribution >= 0.6 is 0 Å². The van der Waals surface area contributed by atoms with Gasteiger partial charge < -0.3 is 15.0 Å². The van der Waals surface area contributed by atoms with Gasteiger partial charge in [-0.05, 0) is 37.6 Å². The lowest BCUT2D eigenvalue weighted by Crippen LogP contribution is -2.47. The number of benzene rings is 1. The van der Waals surface area contributed by atoms with E-state index < -0.39 is 0 Å². The SMILES string of the molecule is CC(C)N(Cc1ccccc1)C(=O)CN1CCO[C@@H](c2ccc(Nc3ncccn3)cn2)C1. The van der Waals surface area contributed by atoms with Crippen LogP contribution in [0.2, 0.25) is 0 Å². The van der Waals surface area contributed by atoms with Crippen LogP contribution in [0.5, 0.6) is 0 Å². The average Bonchev–Trinajstić information content (AvgIpc) is 2.84. The first kappa shape index (κ1) is 22.8. The number of pyridine rings is 1. The van der Waals surface area contributed by atoms with E-state index in [0.29, 0.717) is 32.2 Å². The number of carbonyl (C=O) groups is 1. The molecule has 33 heavy (non-hydrogen) atoms. The third-order valence-electron chi connectivity index (χ3n) is 5.59. The number of nitrogens with zero attached hydrogens (tertiary/aromatic N) is 5. The van der Waals surface area contributed by atoms with Crippen molar-refractivity contribution in [2.45, 2.75) is 32.5 Å². The minimum Gasteiger partial charge on any atom is -0.369 e. The number of anilines is 2. The van der Waals surface area contributed by atoms with Gasteiger partial charge in [0.15, 0.2) is 0 Å². The molecule has 0 radical (unpaired) electrons. The second-order valence-electron chi connectivity index (χ2n) is 8.36. The molecule has 4 rings (SSSR count). The molecule has 1 aromatic carbocycles. The summed E-state index contributed by atoms with van der Waals surface area (Å²) >= 11 is 0. The molecule has 1 fully saturated rings. The summed E-state index contributed by atoms with van der Waals surface area (Å²) in [7, 11) is 0. The Morgan fingerprint density at radius 3 is 2.61 bits per heavy atom. The summed E-state index contributed by atoms with van der Waals surface area (Å²) in [6.45, 7) is 7.03. The fourth-order valence-electron chi connectivity index (χ4n) is 3.81. The number of morpholine rings is 1. The van der Waals surface area contributed by atoms with Crippen LogP contribution in [0.4, 0.5) is 11.6 Å². The predicted octanol–water partition coefficient (Wildman–Crippen LogP) is 3.43. The maximum absolute atomic E-state index is 13.1. The summed E-state index contributed by atoms with van der Waals surface area (Å²) in [6, 6.07) is 15.9. The summed E-state index contributed by atoms with van der Waals surface area (Å²) in [5, 5.41) is 3.13. The van der Waals surface area contributed by atoms with Gasteiger partial charge in [0.05, 0.1) is 30.7 Å². The molecule has 1 N–H and O–H groups in total. The van der Waals surface area contributed by atoms with Gasteiger partial charge in [-0.15, -0.1) is 0 Å². The molecule has 8 heteroatoms. The second-order valence-corrected chi connectivity index (χ2v) is 8.36. The molecule has 1 aliphatic rings. The van der Waals surface area contributed by atoms with Crippen molar-refractivity contribution in [1.29, 1.82) is 0 Å². The van der Waals surface area contributed by atoms with E-state index in [0.717, 1.165) is 23.5 Å². The van der Waals surface area contributed by atoms with E-state index in [9.17, 15) is 4.79 Å². The van der Waals surface area contributed by atoms with Crippen molar-refractivity contribution < 1.29 is 9.53 Å². The number of rotatable bonds is 8. The monoisotopic (exact) mass is 446 g/mol. The fourth-order valence-corrected chi connectivity index (χ4v) is 3.81.